The maximum absolute atomic E-state index is 12.1. The van der Waals surface area contributed by atoms with Crippen LogP contribution in [-0.4, -0.2) is 18.3 Å². The normalized spacial score (nSPS) is 12.3. The second-order valence-electron chi connectivity index (χ2n) is 6.23. The zero-order valence-electron chi connectivity index (χ0n) is 13.8. The van der Waals surface area contributed by atoms with Crippen LogP contribution in [0.25, 0.3) is 0 Å². The van der Waals surface area contributed by atoms with Crippen LogP contribution in [0, 0.1) is 0 Å². The minimum absolute atomic E-state index is 0.286. The largest absolute Gasteiger partial charge is 0.491 e. The molecule has 1 amide bonds. The molecule has 1 atom stereocenters. The SMILES string of the molecule is CC(C)(C)OC(=O)N[C@@H](COc1ccccc1)c1ccccc1. The van der Waals surface area contributed by atoms with E-state index in [4.69, 9.17) is 9.47 Å². The minimum Gasteiger partial charge on any atom is -0.491 e. The number of ether oxygens (including phenoxy) is 2. The number of nitrogens with one attached hydrogen (secondary N) is 1. The van der Waals surface area contributed by atoms with Gasteiger partial charge in [0.25, 0.3) is 0 Å². The van der Waals surface area contributed by atoms with Gasteiger partial charge in [0.2, 0.25) is 0 Å². The summed E-state index contributed by atoms with van der Waals surface area (Å²) in [5, 5.41) is 2.87. The van der Waals surface area contributed by atoms with E-state index in [9.17, 15) is 4.79 Å². The number of hydrogen-bond donors (Lipinski definition) is 1. The Balaban J connectivity index is 2.05. The number of hydrogen-bond acceptors (Lipinski definition) is 3. The molecule has 0 spiro atoms. The van der Waals surface area contributed by atoms with Crippen LogP contribution in [0.1, 0.15) is 32.4 Å². The summed E-state index contributed by atoms with van der Waals surface area (Å²) in [7, 11) is 0. The molecule has 2 aromatic carbocycles. The van der Waals surface area contributed by atoms with E-state index in [1.807, 2.05) is 81.4 Å². The highest BCUT2D eigenvalue weighted by Crippen LogP contribution is 2.17. The summed E-state index contributed by atoms with van der Waals surface area (Å²) in [4.78, 5) is 12.1. The van der Waals surface area contributed by atoms with E-state index in [0.717, 1.165) is 11.3 Å². The van der Waals surface area contributed by atoms with Gasteiger partial charge in [0.1, 0.15) is 18.0 Å². The molecule has 1 N–H and O–H groups in total. The molecule has 0 bridgehead atoms. The van der Waals surface area contributed by atoms with Crippen molar-refractivity contribution in [2.75, 3.05) is 6.61 Å². The van der Waals surface area contributed by atoms with E-state index in [0.29, 0.717) is 6.61 Å². The third-order valence-corrected chi connectivity index (χ3v) is 3.05. The number of amides is 1. The van der Waals surface area contributed by atoms with Crippen LogP contribution in [0.2, 0.25) is 0 Å². The fourth-order valence-corrected chi connectivity index (χ4v) is 2.05. The van der Waals surface area contributed by atoms with Gasteiger partial charge < -0.3 is 14.8 Å². The molecule has 2 aromatic rings. The van der Waals surface area contributed by atoms with E-state index in [1.54, 1.807) is 0 Å². The van der Waals surface area contributed by atoms with Gasteiger partial charge in [0.05, 0.1) is 6.04 Å². The molecule has 0 aliphatic carbocycles. The highest BCUT2D eigenvalue weighted by molar-refractivity contribution is 5.68. The van der Waals surface area contributed by atoms with Crippen molar-refractivity contribution in [2.45, 2.75) is 32.4 Å². The molecule has 0 aliphatic rings. The molecule has 0 aliphatic heterocycles. The number of benzene rings is 2. The molecule has 4 nitrogen and oxygen atoms in total. The smallest absolute Gasteiger partial charge is 0.408 e. The number of carbonyl (C=O) groups excluding carboxylic acids is 1. The Bertz CT molecular complexity index is 606. The first-order valence-corrected chi connectivity index (χ1v) is 7.66. The summed E-state index contributed by atoms with van der Waals surface area (Å²) < 4.78 is 11.1. The van der Waals surface area contributed by atoms with Gasteiger partial charge in [-0.3, -0.25) is 0 Å². The summed E-state index contributed by atoms with van der Waals surface area (Å²) in [5.41, 5.74) is 0.431. The zero-order valence-corrected chi connectivity index (χ0v) is 13.8. The molecule has 0 radical (unpaired) electrons. The molecule has 0 fully saturated rings. The first-order valence-electron chi connectivity index (χ1n) is 7.66. The third kappa shape index (κ3) is 6.02. The maximum Gasteiger partial charge on any atom is 0.408 e. The van der Waals surface area contributed by atoms with Crippen molar-refractivity contribution in [1.82, 2.24) is 5.32 Å². The molecular weight excluding hydrogens is 290 g/mol. The second-order valence-corrected chi connectivity index (χ2v) is 6.23. The van der Waals surface area contributed by atoms with Crippen LogP contribution in [0.3, 0.4) is 0 Å². The van der Waals surface area contributed by atoms with Crippen LogP contribution >= 0.6 is 0 Å². The second kappa shape index (κ2) is 7.68. The van der Waals surface area contributed by atoms with Gasteiger partial charge in [0.15, 0.2) is 0 Å². The van der Waals surface area contributed by atoms with Crippen molar-refractivity contribution < 1.29 is 14.3 Å². The van der Waals surface area contributed by atoms with E-state index in [1.165, 1.54) is 0 Å². The van der Waals surface area contributed by atoms with Crippen molar-refractivity contribution in [1.29, 1.82) is 0 Å². The first-order chi connectivity index (χ1) is 10.9. The molecular formula is C19H23NO3. The Kier molecular flexibility index (Phi) is 5.63. The van der Waals surface area contributed by atoms with E-state index < -0.39 is 11.7 Å². The number of alkyl carbamates (subject to hydrolysis) is 1. The van der Waals surface area contributed by atoms with Crippen LogP contribution < -0.4 is 10.1 Å². The standard InChI is InChI=1S/C19H23NO3/c1-19(2,3)23-18(21)20-17(15-10-6-4-7-11-15)14-22-16-12-8-5-9-13-16/h4-13,17H,14H2,1-3H3,(H,20,21)/t17-/m0/s1. The quantitative estimate of drug-likeness (QED) is 0.893. The Hall–Kier alpha value is -2.49. The molecule has 0 saturated heterocycles. The molecule has 2 rings (SSSR count). The Morgan fingerprint density at radius 2 is 1.57 bits per heavy atom. The maximum atomic E-state index is 12.1. The van der Waals surface area contributed by atoms with Crippen molar-refractivity contribution in [2.24, 2.45) is 0 Å². The molecule has 0 aromatic heterocycles. The van der Waals surface area contributed by atoms with E-state index >= 15 is 0 Å². The lowest BCUT2D eigenvalue weighted by molar-refractivity contribution is 0.0487. The van der Waals surface area contributed by atoms with Crippen LogP contribution in [-0.2, 0) is 4.74 Å². The monoisotopic (exact) mass is 313 g/mol. The molecule has 0 heterocycles. The van der Waals surface area contributed by atoms with Gasteiger partial charge in [-0.05, 0) is 38.5 Å². The van der Waals surface area contributed by atoms with Gasteiger partial charge in [0, 0.05) is 0 Å². The first kappa shape index (κ1) is 16.9. The third-order valence-electron chi connectivity index (χ3n) is 3.05. The summed E-state index contributed by atoms with van der Waals surface area (Å²) in [6.45, 7) is 5.84. The van der Waals surface area contributed by atoms with Crippen LogP contribution in [0.5, 0.6) is 5.75 Å². The summed E-state index contributed by atoms with van der Waals surface area (Å²) in [5.74, 6) is 0.763. The average Bonchev–Trinajstić information content (AvgIpc) is 2.51. The number of para-hydroxylation sites is 1. The molecule has 0 saturated carbocycles. The van der Waals surface area contributed by atoms with Crippen molar-refractivity contribution in [3.63, 3.8) is 0 Å². The minimum atomic E-state index is -0.536. The molecule has 4 heteroatoms. The Morgan fingerprint density at radius 3 is 2.13 bits per heavy atom. The van der Waals surface area contributed by atoms with Gasteiger partial charge in [-0.15, -0.1) is 0 Å². The fourth-order valence-electron chi connectivity index (χ4n) is 2.05. The van der Waals surface area contributed by atoms with Gasteiger partial charge in [-0.2, -0.15) is 0 Å². The molecule has 122 valence electrons. The van der Waals surface area contributed by atoms with Crippen LogP contribution in [0.4, 0.5) is 4.79 Å². The van der Waals surface area contributed by atoms with Gasteiger partial charge in [-0.1, -0.05) is 48.5 Å². The summed E-state index contributed by atoms with van der Waals surface area (Å²) >= 11 is 0. The summed E-state index contributed by atoms with van der Waals surface area (Å²) in [6, 6.07) is 18.9. The topological polar surface area (TPSA) is 47.6 Å². The Morgan fingerprint density at radius 1 is 1.00 bits per heavy atom. The lowest BCUT2D eigenvalue weighted by Crippen LogP contribution is -2.37. The molecule has 0 unspecified atom stereocenters. The van der Waals surface area contributed by atoms with Gasteiger partial charge in [-0.25, -0.2) is 4.79 Å². The average molecular weight is 313 g/mol. The predicted octanol–water partition coefficient (Wildman–Crippen LogP) is 4.33. The van der Waals surface area contributed by atoms with Crippen LogP contribution in [0.15, 0.2) is 60.7 Å². The van der Waals surface area contributed by atoms with Gasteiger partial charge >= 0.3 is 6.09 Å². The lowest BCUT2D eigenvalue weighted by Gasteiger charge is -2.24. The highest BCUT2D eigenvalue weighted by atomic mass is 16.6. The van der Waals surface area contributed by atoms with Crippen molar-refractivity contribution in [3.8, 4) is 5.75 Å². The van der Waals surface area contributed by atoms with Crippen molar-refractivity contribution in [3.05, 3.63) is 66.2 Å². The highest BCUT2D eigenvalue weighted by Gasteiger charge is 2.21. The zero-order chi connectivity index (χ0) is 16.7. The number of rotatable bonds is 5. The molecule has 23 heavy (non-hydrogen) atoms. The Labute approximate surface area is 137 Å². The number of carbonyl (C=O) groups is 1. The predicted molar refractivity (Wildman–Crippen MR) is 90.5 cm³/mol. The fraction of sp³-hybridized carbons (Fsp3) is 0.316. The van der Waals surface area contributed by atoms with Crippen molar-refractivity contribution >= 4 is 6.09 Å². The lowest BCUT2D eigenvalue weighted by atomic mass is 10.1. The van der Waals surface area contributed by atoms with E-state index in [-0.39, 0.29) is 6.04 Å². The van der Waals surface area contributed by atoms with E-state index in [2.05, 4.69) is 5.32 Å². The summed E-state index contributed by atoms with van der Waals surface area (Å²) in [6.07, 6.45) is -0.456.